The largest absolute Gasteiger partial charge is 0.473 e. The van der Waals surface area contributed by atoms with Gasteiger partial charge in [-0.05, 0) is 27.9 Å². The zero-order chi connectivity index (χ0) is 15.6. The van der Waals surface area contributed by atoms with Gasteiger partial charge >= 0.3 is 11.9 Å². The second-order valence-electron chi connectivity index (χ2n) is 4.17. The van der Waals surface area contributed by atoms with Crippen molar-refractivity contribution >= 4 is 29.9 Å². The molecule has 0 amide bonds. The lowest BCUT2D eigenvalue weighted by atomic mass is 10.5. The Morgan fingerprint density at radius 1 is 1.26 bits per heavy atom. The van der Waals surface area contributed by atoms with Gasteiger partial charge in [0.05, 0.1) is 6.10 Å². The summed E-state index contributed by atoms with van der Waals surface area (Å²) in [5.74, 6) is -2.79. The molecule has 7 nitrogen and oxygen atoms in total. The molecule has 9 heteroatoms. The number of carbonyl (C=O) groups is 2. The molecule has 0 aliphatic heterocycles. The third kappa shape index (κ3) is 17.4. The molecule has 19 heavy (non-hydrogen) atoms. The van der Waals surface area contributed by atoms with E-state index in [-0.39, 0.29) is 6.10 Å². The Balaban J connectivity index is 0. The van der Waals surface area contributed by atoms with Crippen molar-refractivity contribution in [3.05, 3.63) is 0 Å². The van der Waals surface area contributed by atoms with Gasteiger partial charge in [0, 0.05) is 19.0 Å². The third-order valence-electron chi connectivity index (χ3n) is 1.45. The van der Waals surface area contributed by atoms with Crippen LogP contribution in [0.4, 0.5) is 0 Å². The maximum Gasteiger partial charge on any atom is 0.414 e. The van der Waals surface area contributed by atoms with Crippen molar-refractivity contribution in [2.24, 2.45) is 0 Å². The van der Waals surface area contributed by atoms with Crippen LogP contribution in [-0.4, -0.2) is 66.2 Å². The van der Waals surface area contributed by atoms with E-state index in [1.807, 2.05) is 27.9 Å². The molecular weight excluding hydrogens is 293 g/mol. The Hall–Kier alpha value is -0.560. The fourth-order valence-electron chi connectivity index (χ4n) is 0.803. The van der Waals surface area contributed by atoms with Crippen molar-refractivity contribution in [3.63, 3.8) is 0 Å². The lowest BCUT2D eigenvalue weighted by Crippen LogP contribution is -2.14. The molecule has 0 aliphatic carbocycles. The molecule has 0 radical (unpaired) electrons. The highest BCUT2D eigenvalue weighted by Gasteiger charge is 2.17. The first-order valence-electron chi connectivity index (χ1n) is 5.49. The first-order valence-corrected chi connectivity index (χ1v) is 9.15. The summed E-state index contributed by atoms with van der Waals surface area (Å²) in [6, 6.07) is 0. The highest BCUT2D eigenvalue weighted by molar-refractivity contribution is 8.56. The molecule has 0 aliphatic rings. The molecule has 1 atom stereocenters. The smallest absolute Gasteiger partial charge is 0.414 e. The number of carboxylic acids is 2. The molecule has 114 valence electrons. The summed E-state index contributed by atoms with van der Waals surface area (Å²) < 4.78 is 17.0. The molecule has 0 aromatic rings. The number of nitrogens with zero attached hydrogens (tertiary/aromatic N) is 1. The van der Waals surface area contributed by atoms with E-state index in [9.17, 15) is 4.57 Å². The van der Waals surface area contributed by atoms with Gasteiger partial charge in [0.2, 0.25) is 0 Å². The quantitative estimate of drug-likeness (QED) is 0.563. The van der Waals surface area contributed by atoms with Crippen LogP contribution < -0.4 is 0 Å². The number of hydrogen-bond donors (Lipinski definition) is 2. The molecule has 0 spiro atoms. The molecule has 0 bridgehead atoms. The Labute approximate surface area is 117 Å². The van der Waals surface area contributed by atoms with Crippen molar-refractivity contribution in [2.75, 3.05) is 33.1 Å². The Bertz CT molecular complexity index is 322. The average Bonchev–Trinajstić information content (AvgIpc) is 2.14. The minimum atomic E-state index is -2.41. The number of aliphatic carboxylic acids is 2. The Morgan fingerprint density at radius 2 is 1.68 bits per heavy atom. The van der Waals surface area contributed by atoms with Crippen LogP contribution in [0.2, 0.25) is 0 Å². The van der Waals surface area contributed by atoms with Gasteiger partial charge in [-0.2, -0.15) is 0 Å². The zero-order valence-electron chi connectivity index (χ0n) is 11.8. The van der Waals surface area contributed by atoms with Crippen molar-refractivity contribution in [1.82, 2.24) is 4.90 Å². The standard InChI is InChI=1S/C8H20NO2PS.C2H2O4/c1-8(2)11-12(5,10)13-7-6-9(3)4;3-1(4)2(5)6/h8H,6-7H2,1-5H3;(H,3,4)(H,5,6). The first-order chi connectivity index (χ1) is 8.48. The summed E-state index contributed by atoms with van der Waals surface area (Å²) in [4.78, 5) is 20.3. The average molecular weight is 315 g/mol. The molecule has 2 N–H and O–H groups in total. The van der Waals surface area contributed by atoms with E-state index in [4.69, 9.17) is 24.3 Å². The molecule has 0 rings (SSSR count). The van der Waals surface area contributed by atoms with E-state index in [0.29, 0.717) is 0 Å². The van der Waals surface area contributed by atoms with Crippen LogP contribution in [0.1, 0.15) is 13.8 Å². The summed E-state index contributed by atoms with van der Waals surface area (Å²) in [5, 5.41) is 14.8. The van der Waals surface area contributed by atoms with Crippen molar-refractivity contribution in [1.29, 1.82) is 0 Å². The normalized spacial score (nSPS) is 13.6. The topological polar surface area (TPSA) is 104 Å². The van der Waals surface area contributed by atoms with Gasteiger partial charge in [0.1, 0.15) is 0 Å². The lowest BCUT2D eigenvalue weighted by molar-refractivity contribution is -0.159. The third-order valence-corrected chi connectivity index (χ3v) is 5.30. The van der Waals surface area contributed by atoms with E-state index in [1.165, 1.54) is 11.4 Å². The van der Waals surface area contributed by atoms with Crippen LogP contribution in [0.5, 0.6) is 0 Å². The number of rotatable bonds is 6. The monoisotopic (exact) mass is 315 g/mol. The minimum absolute atomic E-state index is 0.0442. The molecule has 0 saturated carbocycles. The van der Waals surface area contributed by atoms with E-state index < -0.39 is 18.5 Å². The molecule has 0 aromatic heterocycles. The fraction of sp³-hybridized carbons (Fsp3) is 0.800. The van der Waals surface area contributed by atoms with Gasteiger partial charge in [0.25, 0.3) is 6.57 Å². The van der Waals surface area contributed by atoms with Gasteiger partial charge in [-0.1, -0.05) is 11.4 Å². The summed E-state index contributed by atoms with van der Waals surface area (Å²) in [7, 11) is 4.01. The lowest BCUT2D eigenvalue weighted by Gasteiger charge is -2.16. The van der Waals surface area contributed by atoms with E-state index in [2.05, 4.69) is 4.90 Å². The summed E-state index contributed by atoms with van der Waals surface area (Å²) >= 11 is 1.43. The molecular formula is C10H22NO6PS. The van der Waals surface area contributed by atoms with E-state index in [0.717, 1.165) is 12.3 Å². The van der Waals surface area contributed by atoms with Crippen LogP contribution in [0.15, 0.2) is 0 Å². The van der Waals surface area contributed by atoms with Crippen LogP contribution in [-0.2, 0) is 18.7 Å². The Morgan fingerprint density at radius 3 is 1.95 bits per heavy atom. The van der Waals surface area contributed by atoms with Crippen molar-refractivity contribution < 1.29 is 28.9 Å². The maximum atomic E-state index is 11.7. The highest BCUT2D eigenvalue weighted by atomic mass is 32.7. The predicted octanol–water partition coefficient (Wildman–Crippen LogP) is 1.68. The molecule has 0 aromatic carbocycles. The highest BCUT2D eigenvalue weighted by Crippen LogP contribution is 2.56. The SMILES string of the molecule is CC(C)OP(C)(=O)SCCN(C)C.O=C(O)C(=O)O. The molecule has 0 heterocycles. The summed E-state index contributed by atoms with van der Waals surface area (Å²) in [6.07, 6.45) is 0.0442. The summed E-state index contributed by atoms with van der Waals surface area (Å²) in [5.41, 5.74) is 0. The second kappa shape index (κ2) is 10.3. The first kappa shape index (κ1) is 20.8. The van der Waals surface area contributed by atoms with E-state index >= 15 is 0 Å². The second-order valence-corrected chi connectivity index (χ2v) is 9.36. The Kier molecular flexibility index (Phi) is 11.2. The van der Waals surface area contributed by atoms with Crippen molar-refractivity contribution in [2.45, 2.75) is 20.0 Å². The number of hydrogen-bond acceptors (Lipinski definition) is 6. The van der Waals surface area contributed by atoms with Gasteiger partial charge in [0.15, 0.2) is 0 Å². The van der Waals surface area contributed by atoms with E-state index in [1.54, 1.807) is 6.66 Å². The van der Waals surface area contributed by atoms with Crippen LogP contribution in [0.25, 0.3) is 0 Å². The summed E-state index contributed by atoms with van der Waals surface area (Å²) in [6.45, 7) is 4.02. The van der Waals surface area contributed by atoms with Gasteiger partial charge in [-0.15, -0.1) is 0 Å². The number of carboxylic acid groups (broad SMARTS) is 2. The van der Waals surface area contributed by atoms with Gasteiger partial charge < -0.3 is 19.6 Å². The zero-order valence-corrected chi connectivity index (χ0v) is 13.5. The predicted molar refractivity (Wildman–Crippen MR) is 76.0 cm³/mol. The van der Waals surface area contributed by atoms with Crippen molar-refractivity contribution in [3.8, 4) is 0 Å². The van der Waals surface area contributed by atoms with Crippen LogP contribution >= 0.6 is 18.0 Å². The van der Waals surface area contributed by atoms with Gasteiger partial charge in [-0.25, -0.2) is 9.59 Å². The van der Waals surface area contributed by atoms with Crippen LogP contribution in [0, 0.1) is 0 Å². The molecule has 0 saturated heterocycles. The van der Waals surface area contributed by atoms with Crippen LogP contribution in [0.3, 0.4) is 0 Å². The maximum absolute atomic E-state index is 11.7. The molecule has 1 unspecified atom stereocenters. The molecule has 0 fully saturated rings. The van der Waals surface area contributed by atoms with Gasteiger partial charge in [-0.3, -0.25) is 4.57 Å². The minimum Gasteiger partial charge on any atom is -0.473 e. The fourth-order valence-corrected chi connectivity index (χ4v) is 4.35.